The Morgan fingerprint density at radius 3 is 2.24 bits per heavy atom. The maximum atomic E-state index is 12.4. The van der Waals surface area contributed by atoms with E-state index in [0.29, 0.717) is 24.0 Å². The van der Waals surface area contributed by atoms with Crippen LogP contribution in [0.15, 0.2) is 29.2 Å². The predicted octanol–water partition coefficient (Wildman–Crippen LogP) is 6.67. The van der Waals surface area contributed by atoms with Crippen molar-refractivity contribution in [1.82, 2.24) is 9.78 Å². The van der Waals surface area contributed by atoms with Gasteiger partial charge in [0.1, 0.15) is 12.4 Å². The largest absolute Gasteiger partial charge is 0.492 e. The molecule has 9 heteroatoms. The molecule has 0 spiro atoms. The zero-order chi connectivity index (χ0) is 25.0. The Morgan fingerprint density at radius 2 is 1.67 bits per heavy atom. The van der Waals surface area contributed by atoms with Crippen molar-refractivity contribution in [2.75, 3.05) is 13.2 Å². The van der Waals surface area contributed by atoms with Crippen LogP contribution in [0.5, 0.6) is 11.5 Å². The Labute approximate surface area is 208 Å². The summed E-state index contributed by atoms with van der Waals surface area (Å²) in [6.07, 6.45) is 2.25. The average molecular weight is 516 g/mol. The minimum atomic E-state index is -1.74. The monoisotopic (exact) mass is 514 g/mol. The summed E-state index contributed by atoms with van der Waals surface area (Å²) in [5.41, 5.74) is -0.0370. The van der Waals surface area contributed by atoms with Gasteiger partial charge in [-0.25, -0.2) is 4.68 Å². The van der Waals surface area contributed by atoms with E-state index in [-0.39, 0.29) is 28.0 Å². The zero-order valence-electron chi connectivity index (χ0n) is 20.9. The standard InChI is InChI=1S/C24H36Cl2N2O4Si/c1-23(2,3)28-22(29)21(26)20(15-27-28)31-16-17-10-11-19(18(25)14-17)30-12-9-13-32-33(7,8)24(4,5)6/h10-11,14-15H,9,12-13,16H2,1-8H3. The fourth-order valence-electron chi connectivity index (χ4n) is 2.69. The number of halogens is 2. The lowest BCUT2D eigenvalue weighted by molar-refractivity contribution is 0.233. The van der Waals surface area contributed by atoms with Gasteiger partial charge in [0.2, 0.25) is 0 Å². The van der Waals surface area contributed by atoms with Crippen molar-refractivity contribution in [3.05, 3.63) is 50.4 Å². The summed E-state index contributed by atoms with van der Waals surface area (Å²) >= 11 is 12.6. The Balaban J connectivity index is 1.90. The van der Waals surface area contributed by atoms with Crippen LogP contribution in [0.25, 0.3) is 0 Å². The van der Waals surface area contributed by atoms with E-state index in [1.54, 1.807) is 6.07 Å². The van der Waals surface area contributed by atoms with Crippen LogP contribution >= 0.6 is 23.2 Å². The van der Waals surface area contributed by atoms with Gasteiger partial charge >= 0.3 is 0 Å². The lowest BCUT2D eigenvalue weighted by Crippen LogP contribution is -2.41. The second-order valence-corrected chi connectivity index (χ2v) is 16.2. The van der Waals surface area contributed by atoms with Gasteiger partial charge in [-0.1, -0.05) is 50.0 Å². The molecule has 33 heavy (non-hydrogen) atoms. The van der Waals surface area contributed by atoms with Crippen LogP contribution in [0.3, 0.4) is 0 Å². The van der Waals surface area contributed by atoms with E-state index in [9.17, 15) is 4.79 Å². The summed E-state index contributed by atoms with van der Waals surface area (Å²) in [5, 5.41) is 4.86. The normalized spacial score (nSPS) is 12.7. The van der Waals surface area contributed by atoms with Gasteiger partial charge in [-0.2, -0.15) is 5.10 Å². The van der Waals surface area contributed by atoms with E-state index >= 15 is 0 Å². The maximum Gasteiger partial charge on any atom is 0.289 e. The average Bonchev–Trinajstić information content (AvgIpc) is 2.68. The first-order chi connectivity index (χ1) is 15.1. The molecule has 0 atom stereocenters. The van der Waals surface area contributed by atoms with E-state index in [0.717, 1.165) is 12.0 Å². The fourth-order valence-corrected chi connectivity index (χ4v) is 4.22. The molecule has 2 rings (SSSR count). The summed E-state index contributed by atoms with van der Waals surface area (Å²) in [4.78, 5) is 12.4. The molecule has 0 radical (unpaired) electrons. The van der Waals surface area contributed by atoms with Gasteiger partial charge in [-0.3, -0.25) is 4.79 Å². The fraction of sp³-hybridized carbons (Fsp3) is 0.583. The first-order valence-corrected chi connectivity index (χ1v) is 14.8. The predicted molar refractivity (Wildman–Crippen MR) is 138 cm³/mol. The molecule has 1 heterocycles. The van der Waals surface area contributed by atoms with E-state index in [4.69, 9.17) is 37.1 Å². The van der Waals surface area contributed by atoms with Crippen LogP contribution in [0.4, 0.5) is 0 Å². The Hall–Kier alpha value is -1.54. The highest BCUT2D eigenvalue weighted by Gasteiger charge is 2.36. The molecule has 1 aromatic heterocycles. The number of ether oxygens (including phenoxy) is 2. The summed E-state index contributed by atoms with van der Waals surface area (Å²) in [5.74, 6) is 0.848. The third-order valence-electron chi connectivity index (χ3n) is 5.73. The number of hydrogen-bond donors (Lipinski definition) is 0. The number of nitrogens with zero attached hydrogens (tertiary/aromatic N) is 2. The molecule has 0 bridgehead atoms. The van der Waals surface area contributed by atoms with Crippen molar-refractivity contribution in [2.24, 2.45) is 0 Å². The van der Waals surface area contributed by atoms with Crippen LogP contribution < -0.4 is 15.0 Å². The minimum Gasteiger partial charge on any atom is -0.492 e. The molecule has 0 amide bonds. The SMILES string of the molecule is CC(C)(C)n1ncc(OCc2ccc(OCCCO[Si](C)(C)C(C)(C)C)c(Cl)c2)c(Cl)c1=O. The van der Waals surface area contributed by atoms with Crippen molar-refractivity contribution in [2.45, 2.75) is 78.2 Å². The lowest BCUT2D eigenvalue weighted by Gasteiger charge is -2.36. The molecule has 0 aliphatic carbocycles. The third-order valence-corrected chi connectivity index (χ3v) is 10.9. The van der Waals surface area contributed by atoms with Crippen LogP contribution in [-0.4, -0.2) is 31.3 Å². The van der Waals surface area contributed by atoms with Crippen molar-refractivity contribution in [3.8, 4) is 11.5 Å². The maximum absolute atomic E-state index is 12.4. The summed E-state index contributed by atoms with van der Waals surface area (Å²) < 4.78 is 19.0. The van der Waals surface area contributed by atoms with Crippen LogP contribution in [0.2, 0.25) is 28.2 Å². The number of rotatable bonds is 9. The molecular formula is C24H36Cl2N2O4Si. The quantitative estimate of drug-likeness (QED) is 0.276. The Bertz CT molecular complexity index is 1010. The van der Waals surface area contributed by atoms with Crippen LogP contribution in [-0.2, 0) is 16.6 Å². The summed E-state index contributed by atoms with van der Waals surface area (Å²) in [7, 11) is -1.74. The third kappa shape index (κ3) is 7.47. The smallest absolute Gasteiger partial charge is 0.289 e. The van der Waals surface area contributed by atoms with E-state index < -0.39 is 13.9 Å². The lowest BCUT2D eigenvalue weighted by atomic mass is 10.1. The first kappa shape index (κ1) is 27.7. The molecule has 0 fully saturated rings. The second kappa shape index (κ2) is 10.8. The molecular weight excluding hydrogens is 479 g/mol. The van der Waals surface area contributed by atoms with Gasteiger partial charge < -0.3 is 13.9 Å². The van der Waals surface area contributed by atoms with Crippen LogP contribution in [0, 0.1) is 0 Å². The second-order valence-electron chi connectivity index (χ2n) is 10.6. The van der Waals surface area contributed by atoms with Crippen LogP contribution in [0.1, 0.15) is 53.5 Å². The molecule has 0 unspecified atom stereocenters. The molecule has 6 nitrogen and oxygen atoms in total. The minimum absolute atomic E-state index is 0.00546. The summed E-state index contributed by atoms with van der Waals surface area (Å²) in [6, 6.07) is 5.46. The molecule has 0 aliphatic rings. The van der Waals surface area contributed by atoms with Gasteiger partial charge in [0.05, 0.1) is 23.4 Å². The van der Waals surface area contributed by atoms with E-state index in [1.165, 1.54) is 10.9 Å². The number of benzene rings is 1. The highest BCUT2D eigenvalue weighted by atomic mass is 35.5. The molecule has 0 saturated carbocycles. The zero-order valence-corrected chi connectivity index (χ0v) is 23.4. The van der Waals surface area contributed by atoms with Crippen molar-refractivity contribution < 1.29 is 13.9 Å². The highest BCUT2D eigenvalue weighted by Crippen LogP contribution is 2.36. The van der Waals surface area contributed by atoms with Crippen molar-refractivity contribution in [1.29, 1.82) is 0 Å². The number of aromatic nitrogens is 2. The molecule has 0 saturated heterocycles. The van der Waals surface area contributed by atoms with Gasteiger partial charge in [0.15, 0.2) is 19.1 Å². The van der Waals surface area contributed by atoms with Crippen molar-refractivity contribution in [3.63, 3.8) is 0 Å². The summed E-state index contributed by atoms with van der Waals surface area (Å²) in [6.45, 7) is 18.2. The molecule has 0 aliphatic heterocycles. The van der Waals surface area contributed by atoms with Gasteiger partial charge in [0, 0.05) is 13.0 Å². The van der Waals surface area contributed by atoms with Crippen molar-refractivity contribution >= 4 is 31.5 Å². The van der Waals surface area contributed by atoms with Gasteiger partial charge in [-0.15, -0.1) is 0 Å². The van der Waals surface area contributed by atoms with E-state index in [2.05, 4.69) is 39.0 Å². The molecule has 2 aromatic rings. The highest BCUT2D eigenvalue weighted by molar-refractivity contribution is 6.74. The molecule has 0 N–H and O–H groups in total. The topological polar surface area (TPSA) is 62.6 Å². The molecule has 184 valence electrons. The number of hydrogen-bond acceptors (Lipinski definition) is 5. The Kier molecular flexibility index (Phi) is 9.07. The first-order valence-electron chi connectivity index (χ1n) is 11.1. The Morgan fingerprint density at radius 1 is 1.00 bits per heavy atom. The van der Waals surface area contributed by atoms with Gasteiger partial charge in [0.25, 0.3) is 5.56 Å². The molecule has 1 aromatic carbocycles. The van der Waals surface area contributed by atoms with E-state index in [1.807, 2.05) is 32.9 Å². The van der Waals surface area contributed by atoms with Gasteiger partial charge in [-0.05, 0) is 56.6 Å².